The van der Waals surface area contributed by atoms with Gasteiger partial charge in [-0.25, -0.2) is 0 Å². The highest BCUT2D eigenvalue weighted by molar-refractivity contribution is 6.30. The molecule has 2 atom stereocenters. The molecule has 2 heterocycles. The van der Waals surface area contributed by atoms with Gasteiger partial charge in [0.15, 0.2) is 0 Å². The van der Waals surface area contributed by atoms with Crippen LogP contribution in [0.15, 0.2) is 24.4 Å². The second kappa shape index (κ2) is 5.82. The van der Waals surface area contributed by atoms with Gasteiger partial charge < -0.3 is 9.76 Å². The van der Waals surface area contributed by atoms with Crippen molar-refractivity contribution in [3.8, 4) is 0 Å². The highest BCUT2D eigenvalue weighted by Crippen LogP contribution is 2.26. The van der Waals surface area contributed by atoms with Gasteiger partial charge in [0.1, 0.15) is 0 Å². The van der Waals surface area contributed by atoms with E-state index in [1.165, 1.54) is 0 Å². The SMILES string of the molecule is O=C(O)C[C@@H]1CC[C@H](Cc2ccccn2)[B]O1. The van der Waals surface area contributed by atoms with Crippen molar-refractivity contribution in [2.75, 3.05) is 0 Å². The number of hydrogen-bond donors (Lipinski definition) is 1. The van der Waals surface area contributed by atoms with Crippen molar-refractivity contribution in [2.45, 2.75) is 37.6 Å². The Morgan fingerprint density at radius 1 is 1.53 bits per heavy atom. The molecule has 0 aromatic carbocycles. The summed E-state index contributed by atoms with van der Waals surface area (Å²) < 4.78 is 5.44. The molecule has 4 nitrogen and oxygen atoms in total. The van der Waals surface area contributed by atoms with Gasteiger partial charge in [-0.3, -0.25) is 9.78 Å². The van der Waals surface area contributed by atoms with E-state index in [1.807, 2.05) is 18.2 Å². The van der Waals surface area contributed by atoms with E-state index in [4.69, 9.17) is 9.76 Å². The molecule has 0 bridgehead atoms. The topological polar surface area (TPSA) is 59.4 Å². The number of carbonyl (C=O) groups is 1. The van der Waals surface area contributed by atoms with Gasteiger partial charge in [0, 0.05) is 18.0 Å². The van der Waals surface area contributed by atoms with E-state index in [0.717, 1.165) is 25.0 Å². The molecule has 1 aromatic heterocycles. The van der Waals surface area contributed by atoms with Gasteiger partial charge in [0.25, 0.3) is 7.48 Å². The zero-order valence-corrected chi connectivity index (χ0v) is 9.58. The Morgan fingerprint density at radius 2 is 2.41 bits per heavy atom. The molecule has 0 saturated carbocycles. The summed E-state index contributed by atoms with van der Waals surface area (Å²) in [6.07, 6.45) is 4.35. The van der Waals surface area contributed by atoms with E-state index >= 15 is 0 Å². The first-order valence-electron chi connectivity index (χ1n) is 5.84. The minimum Gasteiger partial charge on any atom is -0.481 e. The van der Waals surface area contributed by atoms with Crippen LogP contribution in [0.5, 0.6) is 0 Å². The fourth-order valence-electron chi connectivity index (χ4n) is 2.04. The highest BCUT2D eigenvalue weighted by atomic mass is 16.4. The van der Waals surface area contributed by atoms with Crippen LogP contribution in [0.3, 0.4) is 0 Å². The molecule has 0 amide bonds. The van der Waals surface area contributed by atoms with Crippen LogP contribution >= 0.6 is 0 Å². The Morgan fingerprint density at radius 3 is 3.00 bits per heavy atom. The molecule has 1 aromatic rings. The zero-order valence-electron chi connectivity index (χ0n) is 9.58. The van der Waals surface area contributed by atoms with Crippen LogP contribution in [0.4, 0.5) is 0 Å². The van der Waals surface area contributed by atoms with Crippen molar-refractivity contribution in [1.82, 2.24) is 4.98 Å². The monoisotopic (exact) mass is 232 g/mol. The molecule has 1 aliphatic heterocycles. The summed E-state index contributed by atoms with van der Waals surface area (Å²) in [5.41, 5.74) is 1.05. The van der Waals surface area contributed by atoms with E-state index in [9.17, 15) is 4.79 Å². The van der Waals surface area contributed by atoms with E-state index in [2.05, 4.69) is 4.98 Å². The maximum Gasteiger partial charge on any atom is 0.305 e. The number of rotatable bonds is 4. The third-order valence-electron chi connectivity index (χ3n) is 2.92. The number of carboxylic acids is 1. The number of aliphatic carboxylic acids is 1. The summed E-state index contributed by atoms with van der Waals surface area (Å²) >= 11 is 0. The van der Waals surface area contributed by atoms with Crippen molar-refractivity contribution >= 4 is 13.5 Å². The predicted octanol–water partition coefficient (Wildman–Crippen LogP) is 1.69. The Balaban J connectivity index is 1.78. The average Bonchev–Trinajstić information content (AvgIpc) is 2.32. The summed E-state index contributed by atoms with van der Waals surface area (Å²) in [6.45, 7) is 0. The lowest BCUT2D eigenvalue weighted by atomic mass is 9.70. The fourth-order valence-corrected chi connectivity index (χ4v) is 2.04. The standard InChI is InChI=1S/C12H15BNO3/c15-12(16)8-11-5-4-9(13-17-11)7-10-3-1-2-6-14-10/h1-3,6,9,11H,4-5,7-8H2,(H,15,16)/t9-,11+/m1/s1. The number of carboxylic acid groups (broad SMARTS) is 1. The van der Waals surface area contributed by atoms with Crippen molar-refractivity contribution in [2.24, 2.45) is 0 Å². The third-order valence-corrected chi connectivity index (χ3v) is 2.92. The maximum atomic E-state index is 10.5. The molecule has 1 saturated heterocycles. The molecule has 1 radical (unpaired) electrons. The quantitative estimate of drug-likeness (QED) is 0.802. The van der Waals surface area contributed by atoms with Gasteiger partial charge in [0.2, 0.25) is 0 Å². The second-order valence-corrected chi connectivity index (χ2v) is 4.35. The highest BCUT2D eigenvalue weighted by Gasteiger charge is 2.25. The molecule has 1 fully saturated rings. The molecular formula is C12H15BNO3. The van der Waals surface area contributed by atoms with Crippen LogP contribution in [0, 0.1) is 0 Å². The molecule has 0 spiro atoms. The number of hydrogen-bond acceptors (Lipinski definition) is 3. The molecule has 1 N–H and O–H groups in total. The maximum absolute atomic E-state index is 10.5. The molecule has 0 aliphatic carbocycles. The molecule has 1 aliphatic rings. The van der Waals surface area contributed by atoms with Crippen molar-refractivity contribution in [3.63, 3.8) is 0 Å². The minimum absolute atomic E-state index is 0.0901. The molecular weight excluding hydrogens is 217 g/mol. The Kier molecular flexibility index (Phi) is 4.15. The van der Waals surface area contributed by atoms with Crippen LogP contribution < -0.4 is 0 Å². The van der Waals surface area contributed by atoms with Gasteiger partial charge in [-0.15, -0.1) is 0 Å². The summed E-state index contributed by atoms with van der Waals surface area (Å²) in [5.74, 6) is -0.457. The minimum atomic E-state index is -0.799. The van der Waals surface area contributed by atoms with E-state index in [0.29, 0.717) is 5.82 Å². The first-order chi connectivity index (χ1) is 8.24. The largest absolute Gasteiger partial charge is 0.481 e. The van der Waals surface area contributed by atoms with Crippen molar-refractivity contribution < 1.29 is 14.6 Å². The third kappa shape index (κ3) is 3.86. The Labute approximate surface area is 101 Å². The summed E-state index contributed by atoms with van der Waals surface area (Å²) in [5, 5.41) is 8.66. The first kappa shape index (κ1) is 12.1. The van der Waals surface area contributed by atoms with Gasteiger partial charge in [-0.2, -0.15) is 0 Å². The van der Waals surface area contributed by atoms with Crippen LogP contribution in [-0.2, 0) is 15.9 Å². The molecule has 0 unspecified atom stereocenters. The van der Waals surface area contributed by atoms with Gasteiger partial charge in [-0.1, -0.05) is 12.5 Å². The van der Waals surface area contributed by atoms with E-state index < -0.39 is 5.97 Å². The lowest BCUT2D eigenvalue weighted by molar-refractivity contribution is -0.139. The van der Waals surface area contributed by atoms with Gasteiger partial charge >= 0.3 is 5.97 Å². The zero-order chi connectivity index (χ0) is 12.1. The first-order valence-corrected chi connectivity index (χ1v) is 5.84. The molecule has 89 valence electrons. The van der Waals surface area contributed by atoms with Gasteiger partial charge in [0.05, 0.1) is 6.42 Å². The lowest BCUT2D eigenvalue weighted by Gasteiger charge is -2.27. The Hall–Kier alpha value is -1.36. The second-order valence-electron chi connectivity index (χ2n) is 4.35. The van der Waals surface area contributed by atoms with Crippen LogP contribution in [-0.4, -0.2) is 29.6 Å². The summed E-state index contributed by atoms with van der Waals surface area (Å²) in [7, 11) is 1.78. The number of pyridine rings is 1. The fraction of sp³-hybridized carbons (Fsp3) is 0.500. The number of nitrogens with zero attached hydrogens (tertiary/aromatic N) is 1. The summed E-state index contributed by atoms with van der Waals surface area (Å²) in [6, 6.07) is 5.86. The summed E-state index contributed by atoms with van der Waals surface area (Å²) in [4.78, 5) is 14.8. The van der Waals surface area contributed by atoms with E-state index in [1.54, 1.807) is 13.7 Å². The van der Waals surface area contributed by atoms with Gasteiger partial charge in [-0.05, 0) is 30.8 Å². The lowest BCUT2D eigenvalue weighted by Crippen LogP contribution is -2.28. The van der Waals surface area contributed by atoms with E-state index in [-0.39, 0.29) is 12.5 Å². The molecule has 17 heavy (non-hydrogen) atoms. The molecule has 2 rings (SSSR count). The van der Waals surface area contributed by atoms with Crippen molar-refractivity contribution in [1.29, 1.82) is 0 Å². The smallest absolute Gasteiger partial charge is 0.305 e. The predicted molar refractivity (Wildman–Crippen MR) is 63.8 cm³/mol. The Bertz CT molecular complexity index is 363. The van der Waals surface area contributed by atoms with Crippen molar-refractivity contribution in [3.05, 3.63) is 30.1 Å². The molecule has 5 heteroatoms. The van der Waals surface area contributed by atoms with Crippen LogP contribution in [0.1, 0.15) is 25.0 Å². The van der Waals surface area contributed by atoms with Crippen LogP contribution in [0.2, 0.25) is 5.82 Å². The number of aromatic nitrogens is 1. The normalized spacial score (nSPS) is 24.0. The average molecular weight is 232 g/mol. The van der Waals surface area contributed by atoms with Crippen LogP contribution in [0.25, 0.3) is 0 Å².